The monoisotopic (exact) mass is 708 g/mol. The lowest BCUT2D eigenvalue weighted by molar-refractivity contribution is 1.00. The molecule has 2 heterocycles. The van der Waals surface area contributed by atoms with Gasteiger partial charge in [0, 0.05) is 22.7 Å². The topological polar surface area (TPSA) is 13.0 Å². The molecule has 6 aromatic rings. The standard InChI is InChI=1S/C50H52N4/c1-29-13-17-41(21-33(29)5)51-45-25-37(9)38(10)26-46(45)52(42-18-14-30(2)34(6)22-42)49(51)50-53(43-19-15-31(3)35(7)23-43)47-27-39(11)40(12)28-48(47)54(50)44-20-16-32(4)36(8)24-44/h13-28H,1-12H3. The van der Waals surface area contributed by atoms with Crippen molar-refractivity contribution in [3.63, 3.8) is 0 Å². The lowest BCUT2D eigenvalue weighted by Gasteiger charge is -2.34. The Hall–Kier alpha value is -5.74. The van der Waals surface area contributed by atoms with Crippen LogP contribution in [-0.4, -0.2) is 0 Å². The Kier molecular flexibility index (Phi) is 8.49. The van der Waals surface area contributed by atoms with E-state index in [-0.39, 0.29) is 0 Å². The van der Waals surface area contributed by atoms with Crippen molar-refractivity contribution in [2.45, 2.75) is 83.1 Å². The van der Waals surface area contributed by atoms with E-state index in [1.165, 1.54) is 89.5 Å². The van der Waals surface area contributed by atoms with Crippen molar-refractivity contribution in [3.05, 3.63) is 175 Å². The van der Waals surface area contributed by atoms with Crippen molar-refractivity contribution < 1.29 is 0 Å². The number of hydrogen-bond acceptors (Lipinski definition) is 4. The molecule has 0 bridgehead atoms. The Balaban J connectivity index is 1.59. The van der Waals surface area contributed by atoms with Crippen LogP contribution in [-0.2, 0) is 0 Å². The summed E-state index contributed by atoms with van der Waals surface area (Å²) in [6, 6.07) is 37.2. The van der Waals surface area contributed by atoms with E-state index >= 15 is 0 Å². The zero-order valence-corrected chi connectivity index (χ0v) is 34.0. The zero-order chi connectivity index (χ0) is 38.3. The SMILES string of the molecule is Cc1ccc(N2C(=C3N(c4ccc(C)c(C)c4)c4cc(C)c(C)cc4N3c3ccc(C)c(C)c3)N(c3ccc(C)c(C)c3)c3cc(C)c(C)cc32)cc1C. The van der Waals surface area contributed by atoms with E-state index in [2.05, 4.69) is 200 Å². The molecule has 0 saturated heterocycles. The number of aryl methyl sites for hydroxylation is 12. The van der Waals surface area contributed by atoms with Crippen LogP contribution in [0, 0.1) is 83.1 Å². The summed E-state index contributed by atoms with van der Waals surface area (Å²) in [7, 11) is 0. The van der Waals surface area contributed by atoms with Crippen LogP contribution >= 0.6 is 0 Å². The van der Waals surface area contributed by atoms with Crippen LogP contribution in [0.3, 0.4) is 0 Å². The van der Waals surface area contributed by atoms with Gasteiger partial charge in [-0.05, 0) is 223 Å². The third-order valence-electron chi connectivity index (χ3n) is 12.2. The van der Waals surface area contributed by atoms with E-state index in [0.29, 0.717) is 0 Å². The second-order valence-electron chi connectivity index (χ2n) is 15.9. The summed E-state index contributed by atoms with van der Waals surface area (Å²) in [6.45, 7) is 26.6. The smallest absolute Gasteiger partial charge is 0.166 e. The highest BCUT2D eigenvalue weighted by Crippen LogP contribution is 2.58. The van der Waals surface area contributed by atoms with Crippen LogP contribution < -0.4 is 19.6 Å². The van der Waals surface area contributed by atoms with Gasteiger partial charge >= 0.3 is 0 Å². The molecule has 4 nitrogen and oxygen atoms in total. The number of rotatable bonds is 4. The average molecular weight is 709 g/mol. The van der Waals surface area contributed by atoms with Crippen LogP contribution in [0.4, 0.5) is 45.5 Å². The Morgan fingerprint density at radius 3 is 0.593 bits per heavy atom. The highest BCUT2D eigenvalue weighted by atomic mass is 15.5. The molecule has 0 saturated carbocycles. The van der Waals surface area contributed by atoms with Gasteiger partial charge in [-0.15, -0.1) is 0 Å². The molecule has 4 heteroatoms. The van der Waals surface area contributed by atoms with Crippen molar-refractivity contribution in [3.8, 4) is 0 Å². The fourth-order valence-corrected chi connectivity index (χ4v) is 7.85. The lowest BCUT2D eigenvalue weighted by atomic mass is 10.1. The number of fused-ring (bicyclic) bond motifs is 2. The molecule has 0 amide bonds. The maximum Gasteiger partial charge on any atom is 0.166 e. The molecule has 0 N–H and O–H groups in total. The van der Waals surface area contributed by atoms with Crippen LogP contribution in [0.15, 0.2) is 109 Å². The van der Waals surface area contributed by atoms with Crippen molar-refractivity contribution >= 4 is 45.5 Å². The minimum absolute atomic E-state index is 1.09. The first-order chi connectivity index (χ1) is 25.7. The maximum atomic E-state index is 2.52. The molecule has 2 aliphatic rings. The summed E-state index contributed by atoms with van der Waals surface area (Å²) in [5.74, 6) is 2.17. The predicted molar refractivity (Wildman–Crippen MR) is 231 cm³/mol. The van der Waals surface area contributed by atoms with Gasteiger partial charge in [0.2, 0.25) is 0 Å². The lowest BCUT2D eigenvalue weighted by Crippen LogP contribution is -2.33. The summed E-state index contributed by atoms with van der Waals surface area (Å²) in [6.07, 6.45) is 0. The first-order valence-electron chi connectivity index (χ1n) is 19.2. The van der Waals surface area contributed by atoms with Gasteiger partial charge in [-0.3, -0.25) is 19.6 Å². The van der Waals surface area contributed by atoms with Gasteiger partial charge < -0.3 is 0 Å². The molecule has 8 rings (SSSR count). The van der Waals surface area contributed by atoms with Gasteiger partial charge in [0.25, 0.3) is 0 Å². The van der Waals surface area contributed by atoms with Gasteiger partial charge in [0.15, 0.2) is 11.6 Å². The first-order valence-corrected chi connectivity index (χ1v) is 19.2. The van der Waals surface area contributed by atoms with Crippen molar-refractivity contribution in [1.82, 2.24) is 0 Å². The molecule has 2 aliphatic heterocycles. The Labute approximate surface area is 322 Å². The van der Waals surface area contributed by atoms with Crippen LogP contribution in [0.25, 0.3) is 0 Å². The predicted octanol–water partition coefficient (Wildman–Crippen LogP) is 13.8. The highest BCUT2D eigenvalue weighted by Gasteiger charge is 2.45. The maximum absolute atomic E-state index is 2.52. The molecule has 0 unspecified atom stereocenters. The molecular weight excluding hydrogens is 657 g/mol. The minimum atomic E-state index is 1.09. The average Bonchev–Trinajstić information content (AvgIpc) is 3.61. The molecule has 54 heavy (non-hydrogen) atoms. The highest BCUT2D eigenvalue weighted by molar-refractivity contribution is 6.01. The minimum Gasteiger partial charge on any atom is -0.291 e. The summed E-state index contributed by atoms with van der Waals surface area (Å²) in [4.78, 5) is 10.1. The van der Waals surface area contributed by atoms with Crippen LogP contribution in [0.2, 0.25) is 0 Å². The molecule has 0 radical (unpaired) electrons. The summed E-state index contributed by atoms with van der Waals surface area (Å²) < 4.78 is 0. The number of hydrogen-bond donors (Lipinski definition) is 0. The molecule has 6 aromatic carbocycles. The van der Waals surface area contributed by atoms with E-state index in [9.17, 15) is 0 Å². The summed E-state index contributed by atoms with van der Waals surface area (Å²) >= 11 is 0. The number of nitrogens with zero attached hydrogens (tertiary/aromatic N) is 4. The molecule has 0 atom stereocenters. The molecule has 0 spiro atoms. The fraction of sp³-hybridized carbons (Fsp3) is 0.240. The van der Waals surface area contributed by atoms with Crippen molar-refractivity contribution in [2.75, 3.05) is 19.6 Å². The zero-order valence-electron chi connectivity index (χ0n) is 34.0. The van der Waals surface area contributed by atoms with Gasteiger partial charge in [0.1, 0.15) is 0 Å². The van der Waals surface area contributed by atoms with Crippen LogP contribution in [0.1, 0.15) is 66.8 Å². The Bertz CT molecular complexity index is 2200. The molecule has 272 valence electrons. The number of anilines is 8. The Morgan fingerprint density at radius 1 is 0.222 bits per heavy atom. The van der Waals surface area contributed by atoms with E-state index < -0.39 is 0 Å². The molecule has 0 fully saturated rings. The third kappa shape index (κ3) is 5.58. The largest absolute Gasteiger partial charge is 0.291 e. The van der Waals surface area contributed by atoms with Gasteiger partial charge in [-0.1, -0.05) is 24.3 Å². The van der Waals surface area contributed by atoms with Crippen molar-refractivity contribution in [2.24, 2.45) is 0 Å². The Morgan fingerprint density at radius 2 is 0.407 bits per heavy atom. The van der Waals surface area contributed by atoms with E-state index in [0.717, 1.165) is 34.4 Å². The summed E-state index contributed by atoms with van der Waals surface area (Å²) in [5, 5.41) is 0. The van der Waals surface area contributed by atoms with E-state index in [1.54, 1.807) is 0 Å². The van der Waals surface area contributed by atoms with E-state index in [1.807, 2.05) is 0 Å². The van der Waals surface area contributed by atoms with E-state index in [4.69, 9.17) is 0 Å². The summed E-state index contributed by atoms with van der Waals surface area (Å²) in [5.41, 5.74) is 24.5. The molecular formula is C50H52N4. The second kappa shape index (κ2) is 13.0. The molecule has 0 aromatic heterocycles. The first kappa shape index (κ1) is 35.3. The third-order valence-corrected chi connectivity index (χ3v) is 12.2. The van der Waals surface area contributed by atoms with Gasteiger partial charge in [0.05, 0.1) is 22.7 Å². The fourth-order valence-electron chi connectivity index (χ4n) is 7.85. The number of benzene rings is 6. The van der Waals surface area contributed by atoms with Gasteiger partial charge in [-0.25, -0.2) is 0 Å². The molecule has 0 aliphatic carbocycles. The quantitative estimate of drug-likeness (QED) is 0.181. The van der Waals surface area contributed by atoms with Gasteiger partial charge in [-0.2, -0.15) is 0 Å². The normalized spacial score (nSPS) is 13.7. The van der Waals surface area contributed by atoms with Crippen molar-refractivity contribution in [1.29, 1.82) is 0 Å². The second-order valence-corrected chi connectivity index (χ2v) is 15.9. The van der Waals surface area contributed by atoms with Crippen LogP contribution in [0.5, 0.6) is 0 Å².